The van der Waals surface area contributed by atoms with E-state index >= 15 is 0 Å². The maximum absolute atomic E-state index is 13.7. The molecule has 3 heteroatoms. The lowest BCUT2D eigenvalue weighted by molar-refractivity contribution is 0.628. The van der Waals surface area contributed by atoms with E-state index in [-0.39, 0.29) is 5.82 Å². The van der Waals surface area contributed by atoms with Crippen LogP contribution in [0.15, 0.2) is 76.9 Å². The van der Waals surface area contributed by atoms with Crippen molar-refractivity contribution < 1.29 is 4.39 Å². The van der Waals surface area contributed by atoms with Gasteiger partial charge >= 0.3 is 0 Å². The molecule has 144 valence electrons. The third-order valence-electron chi connectivity index (χ3n) is 4.31. The Morgan fingerprint density at radius 2 is 1.89 bits per heavy atom. The van der Waals surface area contributed by atoms with Gasteiger partial charge in [-0.15, -0.1) is 0 Å². The van der Waals surface area contributed by atoms with Crippen molar-refractivity contribution in [1.29, 1.82) is 0 Å². The zero-order chi connectivity index (χ0) is 20.4. The molecule has 0 aliphatic carbocycles. The number of hydrogen-bond donors (Lipinski definition) is 0. The van der Waals surface area contributed by atoms with Gasteiger partial charge in [0.2, 0.25) is 0 Å². The Kier molecular flexibility index (Phi) is 8.29. The van der Waals surface area contributed by atoms with Crippen molar-refractivity contribution in [3.8, 4) is 11.1 Å². The van der Waals surface area contributed by atoms with E-state index in [0.29, 0.717) is 0 Å². The molecule has 0 aliphatic heterocycles. The first-order chi connectivity index (χ1) is 13.6. The molecule has 0 fully saturated rings. The third-order valence-corrected chi connectivity index (χ3v) is 4.31. The van der Waals surface area contributed by atoms with E-state index < -0.39 is 0 Å². The lowest BCUT2D eigenvalue weighted by Crippen LogP contribution is -1.92. The number of benzene rings is 2. The van der Waals surface area contributed by atoms with Crippen molar-refractivity contribution in [3.05, 3.63) is 89.4 Å². The molecule has 0 atom stereocenters. The Morgan fingerprint density at radius 3 is 2.61 bits per heavy atom. The fraction of sp³-hybridized carbons (Fsp3) is 0.200. The van der Waals surface area contributed by atoms with Crippen LogP contribution < -0.4 is 0 Å². The molecule has 0 N–H and O–H groups in total. The van der Waals surface area contributed by atoms with Crippen LogP contribution in [0.25, 0.3) is 17.2 Å². The summed E-state index contributed by atoms with van der Waals surface area (Å²) in [6, 6.07) is 10.9. The van der Waals surface area contributed by atoms with Crippen molar-refractivity contribution in [2.24, 2.45) is 9.98 Å². The first kappa shape index (κ1) is 21.2. The number of aliphatic imine (C=N–C) groups is 2. The van der Waals surface area contributed by atoms with Gasteiger partial charge in [0, 0.05) is 30.7 Å². The number of allylic oxidation sites excluding steroid dienone is 4. The van der Waals surface area contributed by atoms with Crippen LogP contribution in [0.1, 0.15) is 37.0 Å². The Balaban J connectivity index is 2.36. The van der Waals surface area contributed by atoms with Gasteiger partial charge in [-0.3, -0.25) is 9.98 Å². The zero-order valence-corrected chi connectivity index (χ0v) is 17.0. The second-order valence-corrected chi connectivity index (χ2v) is 6.36. The Morgan fingerprint density at radius 1 is 1.07 bits per heavy atom. The zero-order valence-electron chi connectivity index (χ0n) is 17.0. The molecule has 0 aromatic heterocycles. The highest BCUT2D eigenvalue weighted by molar-refractivity contribution is 5.95. The van der Waals surface area contributed by atoms with Crippen LogP contribution in [0, 0.1) is 12.7 Å². The molecular weight excluding hydrogens is 347 g/mol. The Bertz CT molecular complexity index is 947. The van der Waals surface area contributed by atoms with Crippen LogP contribution >= 0.6 is 0 Å². The van der Waals surface area contributed by atoms with Crippen molar-refractivity contribution in [3.63, 3.8) is 0 Å². The normalized spacial score (nSPS) is 13.0. The van der Waals surface area contributed by atoms with Gasteiger partial charge in [-0.05, 0) is 72.9 Å². The highest BCUT2D eigenvalue weighted by Crippen LogP contribution is 2.26. The molecule has 2 aromatic carbocycles. The van der Waals surface area contributed by atoms with E-state index in [1.807, 2.05) is 74.8 Å². The predicted octanol–water partition coefficient (Wildman–Crippen LogP) is 6.80. The van der Waals surface area contributed by atoms with E-state index in [0.717, 1.165) is 39.9 Å². The number of nitrogens with zero attached hydrogens (tertiary/aromatic N) is 2. The lowest BCUT2D eigenvalue weighted by Gasteiger charge is -2.09. The van der Waals surface area contributed by atoms with Gasteiger partial charge in [-0.2, -0.15) is 0 Å². The van der Waals surface area contributed by atoms with Crippen LogP contribution in [0.4, 0.5) is 4.39 Å². The van der Waals surface area contributed by atoms with Crippen LogP contribution in [0.5, 0.6) is 0 Å². The molecule has 0 saturated heterocycles. The van der Waals surface area contributed by atoms with Crippen LogP contribution in [0.3, 0.4) is 0 Å². The van der Waals surface area contributed by atoms with Crippen LogP contribution in [-0.4, -0.2) is 19.0 Å². The maximum atomic E-state index is 13.7. The fourth-order valence-electron chi connectivity index (χ4n) is 2.79. The summed E-state index contributed by atoms with van der Waals surface area (Å²) in [6.07, 6.45) is 14.4. The molecule has 28 heavy (non-hydrogen) atoms. The van der Waals surface area contributed by atoms with Gasteiger partial charge in [0.05, 0.1) is 0 Å². The van der Waals surface area contributed by atoms with Crippen molar-refractivity contribution in [1.82, 2.24) is 0 Å². The molecule has 0 amide bonds. The third kappa shape index (κ3) is 5.98. The van der Waals surface area contributed by atoms with Crippen molar-refractivity contribution in [2.45, 2.75) is 27.2 Å². The first-order valence-electron chi connectivity index (χ1n) is 9.44. The monoisotopic (exact) mass is 374 g/mol. The number of aryl methyl sites for hydroxylation is 1. The van der Waals surface area contributed by atoms with Crippen molar-refractivity contribution >= 4 is 18.0 Å². The Labute approximate surface area is 167 Å². The highest BCUT2D eigenvalue weighted by Gasteiger charge is 2.06. The summed E-state index contributed by atoms with van der Waals surface area (Å²) in [7, 11) is 1.74. The van der Waals surface area contributed by atoms with Gasteiger partial charge in [0.15, 0.2) is 0 Å². The minimum absolute atomic E-state index is 0.234. The van der Waals surface area contributed by atoms with Crippen molar-refractivity contribution in [2.75, 3.05) is 7.05 Å². The fourth-order valence-corrected chi connectivity index (χ4v) is 2.79. The minimum atomic E-state index is -0.234. The molecule has 0 bridgehead atoms. The van der Waals surface area contributed by atoms with E-state index in [2.05, 4.69) is 16.9 Å². The largest absolute Gasteiger partial charge is 0.296 e. The average Bonchev–Trinajstić information content (AvgIpc) is 2.70. The molecule has 0 saturated carbocycles. The van der Waals surface area contributed by atoms with Gasteiger partial charge in [-0.25, -0.2) is 4.39 Å². The maximum Gasteiger partial charge on any atom is 0.123 e. The topological polar surface area (TPSA) is 24.7 Å². The number of hydrogen-bond acceptors (Lipinski definition) is 2. The minimum Gasteiger partial charge on any atom is -0.296 e. The predicted molar refractivity (Wildman–Crippen MR) is 121 cm³/mol. The number of halogens is 1. The second kappa shape index (κ2) is 10.9. The summed E-state index contributed by atoms with van der Waals surface area (Å²) >= 11 is 0. The van der Waals surface area contributed by atoms with E-state index in [1.54, 1.807) is 19.2 Å². The molecule has 0 radical (unpaired) electrons. The van der Waals surface area contributed by atoms with E-state index in [4.69, 9.17) is 0 Å². The van der Waals surface area contributed by atoms with E-state index in [9.17, 15) is 4.39 Å². The van der Waals surface area contributed by atoms with Crippen LogP contribution in [0.2, 0.25) is 0 Å². The molecule has 0 unspecified atom stereocenters. The summed E-state index contributed by atoms with van der Waals surface area (Å²) in [5, 5.41) is 0. The van der Waals surface area contributed by atoms with Gasteiger partial charge in [-0.1, -0.05) is 43.4 Å². The molecule has 0 heterocycles. The molecule has 2 aromatic rings. The standard InChI is InChI=1S/C25H27FN2/c1-5-7-8-9-24(6-2)28-15-14-20-11-12-21(16-22(20)18-27-4)25-17-23(26)13-10-19(25)3/h5,7-18H,6H2,1-4H3/b7-5+,9-8-,15-14+,27-18?,28-24-. The summed E-state index contributed by atoms with van der Waals surface area (Å²) in [5.41, 5.74) is 5.89. The summed E-state index contributed by atoms with van der Waals surface area (Å²) < 4.78 is 13.7. The quantitative estimate of drug-likeness (QED) is 0.376. The van der Waals surface area contributed by atoms with Gasteiger partial charge < -0.3 is 0 Å². The Hall–Kier alpha value is -3.07. The molecule has 0 aliphatic rings. The smallest absolute Gasteiger partial charge is 0.123 e. The molecule has 0 spiro atoms. The first-order valence-corrected chi connectivity index (χ1v) is 9.44. The van der Waals surface area contributed by atoms with Gasteiger partial charge in [0.25, 0.3) is 0 Å². The lowest BCUT2D eigenvalue weighted by atomic mass is 9.96. The molecule has 2 nitrogen and oxygen atoms in total. The average molecular weight is 375 g/mol. The van der Waals surface area contributed by atoms with Gasteiger partial charge in [0.1, 0.15) is 5.82 Å². The highest BCUT2D eigenvalue weighted by atomic mass is 19.1. The summed E-state index contributed by atoms with van der Waals surface area (Å²) in [5.74, 6) is -0.234. The second-order valence-electron chi connectivity index (χ2n) is 6.36. The SMILES string of the molecule is C/C=C/C=C\C(CC)=N/C=C/c1ccc(-c2cc(F)ccc2C)cc1C=NC. The summed E-state index contributed by atoms with van der Waals surface area (Å²) in [6.45, 7) is 6.05. The summed E-state index contributed by atoms with van der Waals surface area (Å²) in [4.78, 5) is 8.70. The molecular formula is C25H27FN2. The molecule has 2 rings (SSSR count). The van der Waals surface area contributed by atoms with E-state index in [1.165, 1.54) is 6.07 Å². The number of rotatable bonds is 7. The van der Waals surface area contributed by atoms with Crippen LogP contribution in [-0.2, 0) is 0 Å².